The van der Waals surface area contributed by atoms with Crippen LogP contribution in [0.25, 0.3) is 11.1 Å². The van der Waals surface area contributed by atoms with E-state index in [2.05, 4.69) is 19.1 Å². The van der Waals surface area contributed by atoms with E-state index in [0.29, 0.717) is 6.42 Å². The summed E-state index contributed by atoms with van der Waals surface area (Å²) in [6.07, 6.45) is 8.93. The first-order chi connectivity index (χ1) is 19.4. The SMILES string of the molecule is CCCCCCC(CCCCCOc1c([N+](=O)[O-])cccc1[N+](=O)[O-])Oc1ccc(-c2ccc(OC)cc2)cc1. The van der Waals surface area contributed by atoms with Gasteiger partial charge in [-0.3, -0.25) is 20.2 Å². The zero-order chi connectivity index (χ0) is 28.7. The van der Waals surface area contributed by atoms with Gasteiger partial charge in [0.1, 0.15) is 11.5 Å². The molecule has 0 saturated heterocycles. The maximum Gasteiger partial charge on any atom is 0.318 e. The number of hydrogen-bond acceptors (Lipinski definition) is 7. The van der Waals surface area contributed by atoms with Gasteiger partial charge in [0.05, 0.1) is 29.7 Å². The van der Waals surface area contributed by atoms with E-state index < -0.39 is 21.2 Å². The Kier molecular flexibility index (Phi) is 12.2. The molecule has 0 aromatic heterocycles. The van der Waals surface area contributed by atoms with E-state index in [1.54, 1.807) is 7.11 Å². The van der Waals surface area contributed by atoms with Gasteiger partial charge in [0.25, 0.3) is 5.75 Å². The minimum atomic E-state index is -0.660. The lowest BCUT2D eigenvalue weighted by atomic mass is 10.0. The van der Waals surface area contributed by atoms with Crippen molar-refractivity contribution in [2.45, 2.75) is 70.8 Å². The highest BCUT2D eigenvalue weighted by molar-refractivity contribution is 5.65. The molecule has 1 atom stereocenters. The van der Waals surface area contributed by atoms with Crippen LogP contribution < -0.4 is 14.2 Å². The summed E-state index contributed by atoms with van der Waals surface area (Å²) in [6, 6.07) is 19.8. The van der Waals surface area contributed by atoms with Gasteiger partial charge < -0.3 is 14.2 Å². The van der Waals surface area contributed by atoms with E-state index in [1.165, 1.54) is 37.5 Å². The van der Waals surface area contributed by atoms with Gasteiger partial charge in [-0.15, -0.1) is 0 Å². The molecule has 0 bridgehead atoms. The second-order valence-electron chi connectivity index (χ2n) is 9.68. The lowest BCUT2D eigenvalue weighted by molar-refractivity contribution is -0.396. The fourth-order valence-corrected chi connectivity index (χ4v) is 4.54. The van der Waals surface area contributed by atoms with Crippen molar-refractivity contribution in [3.8, 4) is 28.4 Å². The maximum absolute atomic E-state index is 11.3. The molecule has 0 spiro atoms. The largest absolute Gasteiger partial charge is 0.497 e. The Morgan fingerprint density at radius 3 is 1.73 bits per heavy atom. The second-order valence-corrected chi connectivity index (χ2v) is 9.68. The minimum absolute atomic E-state index is 0.0842. The molecule has 3 aromatic carbocycles. The summed E-state index contributed by atoms with van der Waals surface area (Å²) in [6.45, 7) is 2.36. The first-order valence-corrected chi connectivity index (χ1v) is 13.9. The van der Waals surface area contributed by atoms with Crippen LogP contribution >= 0.6 is 0 Å². The highest BCUT2D eigenvalue weighted by atomic mass is 16.6. The molecule has 9 nitrogen and oxygen atoms in total. The number of nitrogens with zero attached hydrogens (tertiary/aromatic N) is 2. The molecular formula is C31H38N2O7. The summed E-state index contributed by atoms with van der Waals surface area (Å²) < 4.78 is 17.1. The number of unbranched alkanes of at least 4 members (excludes halogenated alkanes) is 5. The monoisotopic (exact) mass is 550 g/mol. The smallest absolute Gasteiger partial charge is 0.318 e. The van der Waals surface area contributed by atoms with Gasteiger partial charge in [-0.25, -0.2) is 0 Å². The molecule has 214 valence electrons. The third-order valence-electron chi connectivity index (χ3n) is 6.74. The Bertz CT molecular complexity index is 1180. The molecule has 9 heteroatoms. The predicted octanol–water partition coefficient (Wildman–Crippen LogP) is 8.54. The Labute approximate surface area is 235 Å². The quantitative estimate of drug-likeness (QED) is 0.0885. The number of ether oxygens (including phenoxy) is 3. The van der Waals surface area contributed by atoms with E-state index in [4.69, 9.17) is 14.2 Å². The van der Waals surface area contributed by atoms with Crippen LogP contribution in [0.15, 0.2) is 66.7 Å². The van der Waals surface area contributed by atoms with Gasteiger partial charge in [-0.05, 0) is 80.0 Å². The number of para-hydroxylation sites is 1. The van der Waals surface area contributed by atoms with Crippen LogP contribution in [0, 0.1) is 20.2 Å². The number of methoxy groups -OCH3 is 1. The molecular weight excluding hydrogens is 512 g/mol. The average Bonchev–Trinajstić information content (AvgIpc) is 2.97. The molecule has 0 N–H and O–H groups in total. The van der Waals surface area contributed by atoms with Gasteiger partial charge in [-0.2, -0.15) is 0 Å². The van der Waals surface area contributed by atoms with Gasteiger partial charge in [0.2, 0.25) is 0 Å². The van der Waals surface area contributed by atoms with Crippen molar-refractivity contribution >= 4 is 11.4 Å². The Morgan fingerprint density at radius 1 is 0.700 bits per heavy atom. The average molecular weight is 551 g/mol. The highest BCUT2D eigenvalue weighted by Crippen LogP contribution is 2.36. The fraction of sp³-hybridized carbons (Fsp3) is 0.419. The third kappa shape index (κ3) is 9.25. The lowest BCUT2D eigenvalue weighted by Gasteiger charge is -2.20. The van der Waals surface area contributed by atoms with E-state index in [-0.39, 0.29) is 18.5 Å². The summed E-state index contributed by atoms with van der Waals surface area (Å²) >= 11 is 0. The zero-order valence-electron chi connectivity index (χ0n) is 23.3. The Morgan fingerprint density at radius 2 is 1.23 bits per heavy atom. The van der Waals surface area contributed by atoms with Crippen molar-refractivity contribution < 1.29 is 24.1 Å². The van der Waals surface area contributed by atoms with Crippen molar-refractivity contribution in [1.29, 1.82) is 0 Å². The van der Waals surface area contributed by atoms with Crippen LogP contribution in [0.2, 0.25) is 0 Å². The van der Waals surface area contributed by atoms with Crippen LogP contribution in [0.3, 0.4) is 0 Å². The maximum atomic E-state index is 11.3. The molecule has 0 amide bonds. The van der Waals surface area contributed by atoms with E-state index in [9.17, 15) is 20.2 Å². The summed E-state index contributed by atoms with van der Waals surface area (Å²) in [5.41, 5.74) is 1.42. The summed E-state index contributed by atoms with van der Waals surface area (Å²) in [5, 5.41) is 22.6. The van der Waals surface area contributed by atoms with Crippen molar-refractivity contribution in [2.24, 2.45) is 0 Å². The van der Waals surface area contributed by atoms with Crippen molar-refractivity contribution in [3.63, 3.8) is 0 Å². The first-order valence-electron chi connectivity index (χ1n) is 13.9. The second kappa shape index (κ2) is 16.1. The molecule has 0 aliphatic rings. The Balaban J connectivity index is 1.52. The van der Waals surface area contributed by atoms with Crippen LogP contribution in [0.4, 0.5) is 11.4 Å². The molecule has 40 heavy (non-hydrogen) atoms. The van der Waals surface area contributed by atoms with Crippen LogP contribution in [0.1, 0.15) is 64.7 Å². The van der Waals surface area contributed by atoms with Crippen LogP contribution in [-0.2, 0) is 0 Å². The third-order valence-corrected chi connectivity index (χ3v) is 6.74. The molecule has 0 fully saturated rings. The van der Waals surface area contributed by atoms with Gasteiger partial charge in [0.15, 0.2) is 0 Å². The molecule has 0 radical (unpaired) electrons. The Hall–Kier alpha value is -4.14. The van der Waals surface area contributed by atoms with Crippen LogP contribution in [0.5, 0.6) is 17.2 Å². The molecule has 1 unspecified atom stereocenters. The molecule has 3 aromatic rings. The molecule has 0 aliphatic carbocycles. The highest BCUT2D eigenvalue weighted by Gasteiger charge is 2.26. The lowest BCUT2D eigenvalue weighted by Crippen LogP contribution is -2.16. The molecule has 0 aliphatic heterocycles. The normalized spacial score (nSPS) is 11.6. The first kappa shape index (κ1) is 30.4. The van der Waals surface area contributed by atoms with Gasteiger partial charge >= 0.3 is 11.4 Å². The number of rotatable bonds is 18. The number of hydrogen-bond donors (Lipinski definition) is 0. The number of benzene rings is 3. The standard InChI is InChI=1S/C31H38N2O7/c1-3-4-5-7-11-27(40-28-21-17-25(18-22-28)24-15-19-26(38-2)20-16-24)12-8-6-9-23-39-31-29(32(34)35)13-10-14-30(31)33(36)37/h10,13-22,27H,3-9,11-12,23H2,1-2H3. The zero-order valence-corrected chi connectivity index (χ0v) is 23.3. The van der Waals surface area contributed by atoms with Crippen LogP contribution in [-0.4, -0.2) is 29.7 Å². The van der Waals surface area contributed by atoms with Gasteiger partial charge in [0, 0.05) is 12.1 Å². The summed E-state index contributed by atoms with van der Waals surface area (Å²) in [7, 11) is 1.65. The minimum Gasteiger partial charge on any atom is -0.497 e. The van der Waals surface area contributed by atoms with E-state index in [1.807, 2.05) is 36.4 Å². The number of nitro groups is 2. The topological polar surface area (TPSA) is 114 Å². The number of nitro benzene ring substituents is 2. The summed E-state index contributed by atoms with van der Waals surface area (Å²) in [4.78, 5) is 21.2. The summed E-state index contributed by atoms with van der Waals surface area (Å²) in [5.74, 6) is 1.38. The van der Waals surface area contributed by atoms with E-state index >= 15 is 0 Å². The van der Waals surface area contributed by atoms with Crippen molar-refractivity contribution in [3.05, 3.63) is 87.0 Å². The van der Waals surface area contributed by atoms with Crippen molar-refractivity contribution in [2.75, 3.05) is 13.7 Å². The molecule has 3 rings (SSSR count). The molecule has 0 heterocycles. The predicted molar refractivity (Wildman–Crippen MR) is 155 cm³/mol. The molecule has 0 saturated carbocycles. The van der Waals surface area contributed by atoms with E-state index in [0.717, 1.165) is 54.7 Å². The fourth-order valence-electron chi connectivity index (χ4n) is 4.54. The van der Waals surface area contributed by atoms with Gasteiger partial charge in [-0.1, -0.05) is 50.5 Å². The van der Waals surface area contributed by atoms with Crippen molar-refractivity contribution in [1.82, 2.24) is 0 Å².